The van der Waals surface area contributed by atoms with Crippen LogP contribution in [0.25, 0.3) is 5.69 Å². The third kappa shape index (κ3) is 3.23. The molecule has 0 aliphatic heterocycles. The molecule has 2 N–H and O–H groups in total. The van der Waals surface area contributed by atoms with Crippen molar-refractivity contribution >= 4 is 6.03 Å². The van der Waals surface area contributed by atoms with Crippen LogP contribution in [0.5, 0.6) is 0 Å². The number of hydrogen-bond donors (Lipinski definition) is 2. The monoisotopic (exact) mass is 312 g/mol. The summed E-state index contributed by atoms with van der Waals surface area (Å²) < 4.78 is 2.00. The van der Waals surface area contributed by atoms with Crippen LogP contribution in [0.3, 0.4) is 0 Å². The van der Waals surface area contributed by atoms with E-state index in [-0.39, 0.29) is 17.5 Å². The maximum Gasteiger partial charge on any atom is 0.315 e. The van der Waals surface area contributed by atoms with Gasteiger partial charge in [-0.25, -0.2) is 9.48 Å². The fraction of sp³-hybridized carbons (Fsp3) is 0.444. The molecular weight excluding hydrogens is 288 g/mol. The molecule has 122 valence electrons. The number of rotatable bonds is 3. The zero-order valence-corrected chi connectivity index (χ0v) is 14.0. The standard InChI is InChI=1S/C18H24N4O/c1-4-19-17(23)21-15-10-18(2,3)11-16-14(15)12-20-22(16)13-8-6-5-7-9-13/h5-9,12,15H,4,10-11H2,1-3H3,(H2,19,21,23). The second-order valence-corrected chi connectivity index (χ2v) is 6.90. The molecule has 2 amide bonds. The van der Waals surface area contributed by atoms with Crippen molar-refractivity contribution in [3.05, 3.63) is 47.8 Å². The normalized spacial score (nSPS) is 19.0. The molecule has 5 nitrogen and oxygen atoms in total. The van der Waals surface area contributed by atoms with Crippen LogP contribution in [0.4, 0.5) is 4.79 Å². The van der Waals surface area contributed by atoms with Crippen LogP contribution in [-0.2, 0) is 6.42 Å². The van der Waals surface area contributed by atoms with Crippen molar-refractivity contribution in [3.63, 3.8) is 0 Å². The molecule has 3 rings (SSSR count). The molecule has 1 aliphatic carbocycles. The maximum atomic E-state index is 12.0. The number of carbonyl (C=O) groups is 1. The highest BCUT2D eigenvalue weighted by molar-refractivity contribution is 5.74. The van der Waals surface area contributed by atoms with Gasteiger partial charge >= 0.3 is 6.03 Å². The fourth-order valence-corrected chi connectivity index (χ4v) is 3.33. The lowest BCUT2D eigenvalue weighted by atomic mass is 9.74. The van der Waals surface area contributed by atoms with Gasteiger partial charge in [0.1, 0.15) is 0 Å². The van der Waals surface area contributed by atoms with E-state index in [1.165, 1.54) is 5.69 Å². The van der Waals surface area contributed by atoms with E-state index in [0.29, 0.717) is 6.54 Å². The first-order valence-electron chi connectivity index (χ1n) is 8.17. The summed E-state index contributed by atoms with van der Waals surface area (Å²) in [5.41, 5.74) is 3.49. The summed E-state index contributed by atoms with van der Waals surface area (Å²) >= 11 is 0. The molecule has 1 aliphatic rings. The van der Waals surface area contributed by atoms with Gasteiger partial charge in [-0.1, -0.05) is 32.0 Å². The molecular formula is C18H24N4O. The molecule has 23 heavy (non-hydrogen) atoms. The van der Waals surface area contributed by atoms with Crippen molar-refractivity contribution in [2.75, 3.05) is 6.54 Å². The third-order valence-corrected chi connectivity index (χ3v) is 4.32. The summed E-state index contributed by atoms with van der Waals surface area (Å²) in [6, 6.07) is 10.0. The van der Waals surface area contributed by atoms with Crippen molar-refractivity contribution in [2.24, 2.45) is 5.41 Å². The Balaban J connectivity index is 1.96. The smallest absolute Gasteiger partial charge is 0.315 e. The number of urea groups is 1. The molecule has 0 radical (unpaired) electrons. The SMILES string of the molecule is CCNC(=O)NC1CC(C)(C)Cc2c1cnn2-c1ccccc1. The van der Waals surface area contributed by atoms with Crippen LogP contribution >= 0.6 is 0 Å². The summed E-state index contributed by atoms with van der Waals surface area (Å²) in [7, 11) is 0. The van der Waals surface area contributed by atoms with Crippen molar-refractivity contribution in [1.82, 2.24) is 20.4 Å². The molecule has 0 bridgehead atoms. The minimum Gasteiger partial charge on any atom is -0.338 e. The number of nitrogens with one attached hydrogen (secondary N) is 2. The van der Waals surface area contributed by atoms with Crippen LogP contribution in [0, 0.1) is 5.41 Å². The van der Waals surface area contributed by atoms with Gasteiger partial charge in [0, 0.05) is 12.1 Å². The molecule has 2 aromatic rings. The Morgan fingerprint density at radius 3 is 2.78 bits per heavy atom. The molecule has 5 heteroatoms. The van der Waals surface area contributed by atoms with Gasteiger partial charge in [-0.05, 0) is 37.3 Å². The number of benzene rings is 1. The lowest BCUT2D eigenvalue weighted by Crippen LogP contribution is -2.41. The summed E-state index contributed by atoms with van der Waals surface area (Å²) in [5.74, 6) is 0. The van der Waals surface area contributed by atoms with E-state index >= 15 is 0 Å². The summed E-state index contributed by atoms with van der Waals surface area (Å²) in [6.45, 7) is 7.02. The molecule has 0 spiro atoms. The number of hydrogen-bond acceptors (Lipinski definition) is 2. The predicted molar refractivity (Wildman–Crippen MR) is 90.6 cm³/mol. The lowest BCUT2D eigenvalue weighted by molar-refractivity contribution is 0.221. The summed E-state index contributed by atoms with van der Waals surface area (Å²) in [4.78, 5) is 12.0. The predicted octanol–water partition coefficient (Wildman–Crippen LogP) is 3.20. The van der Waals surface area contributed by atoms with Crippen LogP contribution < -0.4 is 10.6 Å². The first-order chi connectivity index (χ1) is 11.0. The van der Waals surface area contributed by atoms with Gasteiger partial charge in [-0.3, -0.25) is 0 Å². The summed E-state index contributed by atoms with van der Waals surface area (Å²) in [5, 5.41) is 10.5. The highest BCUT2D eigenvalue weighted by atomic mass is 16.2. The number of para-hydroxylation sites is 1. The molecule has 1 aromatic heterocycles. The van der Waals surface area contributed by atoms with Crippen molar-refractivity contribution in [2.45, 2.75) is 39.7 Å². The van der Waals surface area contributed by atoms with Crippen molar-refractivity contribution in [1.29, 1.82) is 0 Å². The number of carbonyl (C=O) groups excluding carboxylic acids is 1. The first kappa shape index (κ1) is 15.6. The Morgan fingerprint density at radius 2 is 2.09 bits per heavy atom. The third-order valence-electron chi connectivity index (χ3n) is 4.32. The minimum atomic E-state index is -0.117. The quantitative estimate of drug-likeness (QED) is 0.914. The lowest BCUT2D eigenvalue weighted by Gasteiger charge is -2.35. The van der Waals surface area contributed by atoms with Crippen LogP contribution in [-0.4, -0.2) is 22.4 Å². The molecule has 0 saturated carbocycles. The van der Waals surface area contributed by atoms with Crippen LogP contribution in [0.15, 0.2) is 36.5 Å². The van der Waals surface area contributed by atoms with E-state index in [4.69, 9.17) is 0 Å². The Kier molecular flexibility index (Phi) is 4.11. The van der Waals surface area contributed by atoms with Gasteiger partial charge in [0.15, 0.2) is 0 Å². The van der Waals surface area contributed by atoms with E-state index in [1.807, 2.05) is 36.0 Å². The van der Waals surface area contributed by atoms with E-state index in [2.05, 4.69) is 41.7 Å². The summed E-state index contributed by atoms with van der Waals surface area (Å²) in [6.07, 6.45) is 3.76. The largest absolute Gasteiger partial charge is 0.338 e. The Bertz CT molecular complexity index is 690. The average Bonchev–Trinajstić information content (AvgIpc) is 2.90. The van der Waals surface area contributed by atoms with Gasteiger partial charge in [-0.2, -0.15) is 5.10 Å². The molecule has 1 atom stereocenters. The van der Waals surface area contributed by atoms with Crippen molar-refractivity contribution in [3.8, 4) is 5.69 Å². The highest BCUT2D eigenvalue weighted by Crippen LogP contribution is 2.41. The molecule has 1 heterocycles. The zero-order valence-electron chi connectivity index (χ0n) is 14.0. The van der Waals surface area contributed by atoms with E-state index in [9.17, 15) is 4.79 Å². The van der Waals surface area contributed by atoms with Crippen LogP contribution in [0.1, 0.15) is 44.5 Å². The van der Waals surface area contributed by atoms with E-state index in [1.54, 1.807) is 0 Å². The second kappa shape index (κ2) is 6.07. The Hall–Kier alpha value is -2.30. The number of nitrogens with zero attached hydrogens (tertiary/aromatic N) is 2. The van der Waals surface area contributed by atoms with Gasteiger partial charge in [0.2, 0.25) is 0 Å². The van der Waals surface area contributed by atoms with Crippen molar-refractivity contribution < 1.29 is 4.79 Å². The van der Waals surface area contributed by atoms with Crippen LogP contribution in [0.2, 0.25) is 0 Å². The maximum absolute atomic E-state index is 12.0. The van der Waals surface area contributed by atoms with Gasteiger partial charge in [0.25, 0.3) is 0 Å². The number of aromatic nitrogens is 2. The molecule has 0 saturated heterocycles. The second-order valence-electron chi connectivity index (χ2n) is 6.90. The number of fused-ring (bicyclic) bond motifs is 1. The average molecular weight is 312 g/mol. The minimum absolute atomic E-state index is 0.00207. The van der Waals surface area contributed by atoms with E-state index in [0.717, 1.165) is 24.1 Å². The first-order valence-corrected chi connectivity index (χ1v) is 8.17. The topological polar surface area (TPSA) is 59.0 Å². The molecule has 1 aromatic carbocycles. The Morgan fingerprint density at radius 1 is 1.35 bits per heavy atom. The molecule has 1 unspecified atom stereocenters. The molecule has 0 fully saturated rings. The van der Waals surface area contributed by atoms with E-state index < -0.39 is 0 Å². The fourth-order valence-electron chi connectivity index (χ4n) is 3.33. The zero-order chi connectivity index (χ0) is 16.4. The van der Waals surface area contributed by atoms with Gasteiger partial charge < -0.3 is 10.6 Å². The van der Waals surface area contributed by atoms with Gasteiger partial charge in [0.05, 0.1) is 23.6 Å². The highest BCUT2D eigenvalue weighted by Gasteiger charge is 2.35. The Labute approximate surface area is 137 Å². The van der Waals surface area contributed by atoms with Gasteiger partial charge in [-0.15, -0.1) is 0 Å². The number of amides is 2.